The van der Waals surface area contributed by atoms with E-state index in [1.54, 1.807) is 24.3 Å². The molecule has 7 heteroatoms. The Bertz CT molecular complexity index is 785. The standard InChI is InChI=1S/C12H13N5OS/c1-7-3-4-9(19-7)6-13-10-5-11-15-16-12(18)17(11)8(2)14-10/h3-5,13H,6H2,1-2H3,(H,16,18). The highest BCUT2D eigenvalue weighted by molar-refractivity contribution is 7.11. The highest BCUT2D eigenvalue weighted by atomic mass is 32.1. The number of nitrogens with zero attached hydrogens (tertiary/aromatic N) is 3. The van der Waals surface area contributed by atoms with Gasteiger partial charge in [-0.3, -0.25) is 0 Å². The monoisotopic (exact) mass is 275 g/mol. The third-order valence-corrected chi connectivity index (χ3v) is 3.81. The van der Waals surface area contributed by atoms with Gasteiger partial charge in [0.05, 0.1) is 6.54 Å². The third kappa shape index (κ3) is 2.24. The number of fused-ring (bicyclic) bond motifs is 1. The lowest BCUT2D eigenvalue weighted by molar-refractivity contribution is 0.932. The molecular formula is C12H13N5OS. The Morgan fingerprint density at radius 1 is 1.42 bits per heavy atom. The van der Waals surface area contributed by atoms with Crippen LogP contribution in [-0.4, -0.2) is 19.6 Å². The summed E-state index contributed by atoms with van der Waals surface area (Å²) >= 11 is 1.75. The quantitative estimate of drug-likeness (QED) is 0.763. The van der Waals surface area contributed by atoms with E-state index >= 15 is 0 Å². The van der Waals surface area contributed by atoms with Gasteiger partial charge in [-0.25, -0.2) is 19.3 Å². The van der Waals surface area contributed by atoms with Crippen molar-refractivity contribution in [3.8, 4) is 0 Å². The van der Waals surface area contributed by atoms with E-state index in [0.29, 0.717) is 11.5 Å². The Morgan fingerprint density at radius 3 is 3.00 bits per heavy atom. The first-order valence-electron chi connectivity index (χ1n) is 5.87. The van der Waals surface area contributed by atoms with Gasteiger partial charge < -0.3 is 5.32 Å². The smallest absolute Gasteiger partial charge is 0.349 e. The van der Waals surface area contributed by atoms with Crippen LogP contribution in [0.15, 0.2) is 23.0 Å². The number of nitrogens with one attached hydrogen (secondary N) is 2. The van der Waals surface area contributed by atoms with Crippen LogP contribution in [0.3, 0.4) is 0 Å². The van der Waals surface area contributed by atoms with E-state index < -0.39 is 0 Å². The van der Waals surface area contributed by atoms with Crippen molar-refractivity contribution in [2.45, 2.75) is 20.4 Å². The number of hydrogen-bond donors (Lipinski definition) is 2. The predicted molar refractivity (Wildman–Crippen MR) is 74.7 cm³/mol. The molecule has 0 bridgehead atoms. The zero-order chi connectivity index (χ0) is 13.4. The maximum absolute atomic E-state index is 11.5. The minimum Gasteiger partial charge on any atom is -0.365 e. The fourth-order valence-electron chi connectivity index (χ4n) is 1.95. The van der Waals surface area contributed by atoms with Gasteiger partial charge in [-0.2, -0.15) is 5.10 Å². The van der Waals surface area contributed by atoms with Crippen LogP contribution in [0.2, 0.25) is 0 Å². The minimum absolute atomic E-state index is 0.263. The Morgan fingerprint density at radius 2 is 2.26 bits per heavy atom. The summed E-state index contributed by atoms with van der Waals surface area (Å²) in [6, 6.07) is 5.94. The van der Waals surface area contributed by atoms with Gasteiger partial charge >= 0.3 is 5.69 Å². The molecule has 0 aromatic carbocycles. The molecule has 3 heterocycles. The maximum Gasteiger partial charge on any atom is 0.349 e. The molecule has 0 aliphatic carbocycles. The first-order valence-corrected chi connectivity index (χ1v) is 6.69. The molecular weight excluding hydrogens is 262 g/mol. The van der Waals surface area contributed by atoms with Crippen molar-refractivity contribution in [3.05, 3.63) is 44.3 Å². The van der Waals surface area contributed by atoms with E-state index in [9.17, 15) is 4.79 Å². The molecule has 0 unspecified atom stereocenters. The zero-order valence-electron chi connectivity index (χ0n) is 10.6. The molecule has 0 saturated carbocycles. The minimum atomic E-state index is -0.263. The van der Waals surface area contributed by atoms with Crippen LogP contribution < -0.4 is 11.0 Å². The zero-order valence-corrected chi connectivity index (χ0v) is 11.4. The molecule has 0 fully saturated rings. The summed E-state index contributed by atoms with van der Waals surface area (Å²) in [4.78, 5) is 18.4. The average Bonchev–Trinajstić information content (AvgIpc) is 2.94. The highest BCUT2D eigenvalue weighted by Crippen LogP contribution is 2.16. The van der Waals surface area contributed by atoms with Crippen LogP contribution in [0.1, 0.15) is 15.6 Å². The lowest BCUT2D eigenvalue weighted by Crippen LogP contribution is -2.14. The predicted octanol–water partition coefficient (Wildman–Crippen LogP) is 1.71. The van der Waals surface area contributed by atoms with Crippen LogP contribution in [0.25, 0.3) is 5.65 Å². The van der Waals surface area contributed by atoms with Crippen molar-refractivity contribution in [2.75, 3.05) is 5.32 Å². The van der Waals surface area contributed by atoms with Gasteiger partial charge in [0.25, 0.3) is 0 Å². The summed E-state index contributed by atoms with van der Waals surface area (Å²) in [5.74, 6) is 1.33. The number of H-pyrrole nitrogens is 1. The fourth-order valence-corrected chi connectivity index (χ4v) is 2.78. The Kier molecular flexibility index (Phi) is 2.83. The number of aromatic nitrogens is 4. The fraction of sp³-hybridized carbons (Fsp3) is 0.250. The van der Waals surface area contributed by atoms with Gasteiger partial charge in [0.1, 0.15) is 11.6 Å². The second-order valence-corrected chi connectivity index (χ2v) is 5.65. The molecule has 0 atom stereocenters. The Balaban J connectivity index is 1.87. The van der Waals surface area contributed by atoms with E-state index in [1.807, 2.05) is 0 Å². The van der Waals surface area contributed by atoms with Crippen LogP contribution in [0.5, 0.6) is 0 Å². The molecule has 6 nitrogen and oxygen atoms in total. The largest absolute Gasteiger partial charge is 0.365 e. The van der Waals surface area contributed by atoms with Crippen molar-refractivity contribution in [3.63, 3.8) is 0 Å². The normalized spacial score (nSPS) is 11.1. The molecule has 98 valence electrons. The number of hydrogen-bond acceptors (Lipinski definition) is 5. The molecule has 3 aromatic heterocycles. The summed E-state index contributed by atoms with van der Waals surface area (Å²) in [6.07, 6.45) is 0. The van der Waals surface area contributed by atoms with Crippen molar-refractivity contribution in [2.24, 2.45) is 0 Å². The number of anilines is 1. The van der Waals surface area contributed by atoms with E-state index in [2.05, 4.69) is 39.6 Å². The molecule has 0 saturated heterocycles. The van der Waals surface area contributed by atoms with Gasteiger partial charge in [-0.15, -0.1) is 11.3 Å². The molecule has 0 spiro atoms. The van der Waals surface area contributed by atoms with E-state index in [0.717, 1.165) is 12.4 Å². The van der Waals surface area contributed by atoms with Gasteiger partial charge in [0.15, 0.2) is 5.65 Å². The molecule has 19 heavy (non-hydrogen) atoms. The number of rotatable bonds is 3. The molecule has 0 aliphatic heterocycles. The topological polar surface area (TPSA) is 75.1 Å². The number of aromatic amines is 1. The van der Waals surface area contributed by atoms with E-state index in [4.69, 9.17) is 0 Å². The molecule has 0 radical (unpaired) electrons. The third-order valence-electron chi connectivity index (χ3n) is 2.81. The van der Waals surface area contributed by atoms with Crippen LogP contribution in [0, 0.1) is 13.8 Å². The van der Waals surface area contributed by atoms with Gasteiger partial charge in [-0.05, 0) is 26.0 Å². The number of aryl methyl sites for hydroxylation is 2. The van der Waals surface area contributed by atoms with E-state index in [-0.39, 0.29) is 5.69 Å². The van der Waals surface area contributed by atoms with Gasteiger partial charge in [0, 0.05) is 15.8 Å². The van der Waals surface area contributed by atoms with Crippen LogP contribution >= 0.6 is 11.3 Å². The summed E-state index contributed by atoms with van der Waals surface area (Å²) in [7, 11) is 0. The highest BCUT2D eigenvalue weighted by Gasteiger charge is 2.06. The van der Waals surface area contributed by atoms with Gasteiger partial charge in [0.2, 0.25) is 0 Å². The number of thiophene rings is 1. The molecule has 2 N–H and O–H groups in total. The Hall–Kier alpha value is -2.15. The molecule has 3 rings (SSSR count). The Labute approximate surface area is 113 Å². The second kappa shape index (κ2) is 4.51. The average molecular weight is 275 g/mol. The lowest BCUT2D eigenvalue weighted by atomic mass is 10.4. The van der Waals surface area contributed by atoms with Crippen molar-refractivity contribution in [1.82, 2.24) is 19.6 Å². The SMILES string of the molecule is Cc1ccc(CNc2cc3n[nH]c(=O)n3c(C)n2)s1. The lowest BCUT2D eigenvalue weighted by Gasteiger charge is -2.05. The van der Waals surface area contributed by atoms with Crippen molar-refractivity contribution < 1.29 is 0 Å². The van der Waals surface area contributed by atoms with Crippen LogP contribution in [0.4, 0.5) is 5.82 Å². The van der Waals surface area contributed by atoms with Crippen LogP contribution in [-0.2, 0) is 6.54 Å². The molecule has 3 aromatic rings. The van der Waals surface area contributed by atoms with Crippen molar-refractivity contribution in [1.29, 1.82) is 0 Å². The van der Waals surface area contributed by atoms with E-state index in [1.165, 1.54) is 14.2 Å². The maximum atomic E-state index is 11.5. The summed E-state index contributed by atoms with van der Waals surface area (Å²) < 4.78 is 1.44. The first-order chi connectivity index (χ1) is 9.13. The van der Waals surface area contributed by atoms with Gasteiger partial charge in [-0.1, -0.05) is 0 Å². The summed E-state index contributed by atoms with van der Waals surface area (Å²) in [5, 5.41) is 9.61. The molecule has 0 aliphatic rings. The second-order valence-electron chi connectivity index (χ2n) is 4.28. The summed E-state index contributed by atoms with van der Waals surface area (Å²) in [5.41, 5.74) is 0.308. The molecule has 0 amide bonds. The van der Waals surface area contributed by atoms with Crippen molar-refractivity contribution >= 4 is 22.8 Å². The first kappa shape index (κ1) is 11.9. The summed E-state index contributed by atoms with van der Waals surface area (Å²) in [6.45, 7) is 4.58.